The maximum absolute atomic E-state index is 13.3. The number of aromatic nitrogens is 2. The molecule has 4 heteroatoms. The fourth-order valence-corrected chi connectivity index (χ4v) is 1.92. The van der Waals surface area contributed by atoms with E-state index in [9.17, 15) is 4.39 Å². The van der Waals surface area contributed by atoms with Crippen LogP contribution in [0.25, 0.3) is 11.3 Å². The third-order valence-corrected chi connectivity index (χ3v) is 3.00. The average molecular weight is 233 g/mol. The lowest BCUT2D eigenvalue weighted by atomic mass is 10.1. The van der Waals surface area contributed by atoms with Crippen molar-refractivity contribution in [2.24, 2.45) is 7.05 Å². The number of hydrogen-bond acceptors (Lipinski definition) is 2. The summed E-state index contributed by atoms with van der Waals surface area (Å²) in [5.41, 5.74) is 8.41. The lowest BCUT2D eigenvalue weighted by Gasteiger charge is -2.04. The van der Waals surface area contributed by atoms with Crippen molar-refractivity contribution in [1.82, 2.24) is 9.55 Å². The van der Waals surface area contributed by atoms with Gasteiger partial charge >= 0.3 is 0 Å². The summed E-state index contributed by atoms with van der Waals surface area (Å²) in [6.07, 6.45) is 0.801. The Hall–Kier alpha value is -1.84. The number of nitrogens with zero attached hydrogens (tertiary/aromatic N) is 2. The molecule has 0 fully saturated rings. The van der Waals surface area contributed by atoms with Crippen molar-refractivity contribution in [2.45, 2.75) is 20.3 Å². The largest absolute Gasteiger partial charge is 0.383 e. The number of benzene rings is 1. The lowest BCUT2D eigenvalue weighted by molar-refractivity contribution is 0.628. The Balaban J connectivity index is 2.64. The van der Waals surface area contributed by atoms with Crippen LogP contribution in [-0.4, -0.2) is 9.55 Å². The molecule has 2 rings (SSSR count). The van der Waals surface area contributed by atoms with Crippen molar-refractivity contribution < 1.29 is 4.39 Å². The van der Waals surface area contributed by atoms with Crippen LogP contribution in [0.15, 0.2) is 18.2 Å². The summed E-state index contributed by atoms with van der Waals surface area (Å²) in [4.78, 5) is 4.47. The summed E-state index contributed by atoms with van der Waals surface area (Å²) in [5, 5.41) is 0. The second kappa shape index (κ2) is 4.20. The molecule has 0 saturated carbocycles. The first-order chi connectivity index (χ1) is 8.04. The van der Waals surface area contributed by atoms with Crippen molar-refractivity contribution in [3.8, 4) is 11.3 Å². The van der Waals surface area contributed by atoms with Gasteiger partial charge in [-0.15, -0.1) is 0 Å². The maximum atomic E-state index is 13.3. The van der Waals surface area contributed by atoms with Crippen LogP contribution in [0.4, 0.5) is 10.2 Å². The van der Waals surface area contributed by atoms with Crippen LogP contribution in [0.5, 0.6) is 0 Å². The molecule has 0 saturated heterocycles. The van der Waals surface area contributed by atoms with Gasteiger partial charge in [-0.1, -0.05) is 13.0 Å². The fraction of sp³-hybridized carbons (Fsp3) is 0.308. The molecule has 0 aliphatic heterocycles. The van der Waals surface area contributed by atoms with E-state index in [1.165, 1.54) is 12.1 Å². The zero-order valence-corrected chi connectivity index (χ0v) is 10.3. The Bertz CT molecular complexity index is 558. The lowest BCUT2D eigenvalue weighted by Crippen LogP contribution is -2.00. The van der Waals surface area contributed by atoms with Crippen molar-refractivity contribution >= 4 is 5.82 Å². The third kappa shape index (κ3) is 1.90. The fourth-order valence-electron chi connectivity index (χ4n) is 1.92. The Kier molecular flexibility index (Phi) is 2.88. The van der Waals surface area contributed by atoms with Crippen LogP contribution in [-0.2, 0) is 13.5 Å². The SMILES string of the molecule is CCc1nc(-c2cc(F)ccc2C)c(N)n1C. The number of halogens is 1. The number of imidazole rings is 1. The molecule has 0 bridgehead atoms. The topological polar surface area (TPSA) is 43.8 Å². The molecular formula is C13H16FN3. The maximum Gasteiger partial charge on any atom is 0.131 e. The number of rotatable bonds is 2. The van der Waals surface area contributed by atoms with Crippen LogP contribution in [0.3, 0.4) is 0 Å². The Morgan fingerprint density at radius 1 is 1.41 bits per heavy atom. The highest BCUT2D eigenvalue weighted by atomic mass is 19.1. The van der Waals surface area contributed by atoms with Gasteiger partial charge in [0.25, 0.3) is 0 Å². The third-order valence-electron chi connectivity index (χ3n) is 3.00. The Morgan fingerprint density at radius 2 is 2.12 bits per heavy atom. The van der Waals surface area contributed by atoms with Gasteiger partial charge in [0.2, 0.25) is 0 Å². The van der Waals surface area contributed by atoms with Gasteiger partial charge in [-0.2, -0.15) is 0 Å². The summed E-state index contributed by atoms with van der Waals surface area (Å²) in [6.45, 7) is 3.94. The average Bonchev–Trinajstić information content (AvgIpc) is 2.59. The smallest absolute Gasteiger partial charge is 0.131 e. The zero-order valence-electron chi connectivity index (χ0n) is 10.3. The molecule has 3 nitrogen and oxygen atoms in total. The molecule has 0 atom stereocenters. The number of aryl methyl sites for hydroxylation is 2. The highest BCUT2D eigenvalue weighted by Gasteiger charge is 2.14. The van der Waals surface area contributed by atoms with E-state index in [2.05, 4.69) is 4.98 Å². The van der Waals surface area contributed by atoms with E-state index >= 15 is 0 Å². The van der Waals surface area contributed by atoms with E-state index in [4.69, 9.17) is 5.73 Å². The van der Waals surface area contributed by atoms with Gasteiger partial charge in [-0.05, 0) is 24.6 Å². The van der Waals surface area contributed by atoms with Gasteiger partial charge in [0.15, 0.2) is 0 Å². The summed E-state index contributed by atoms with van der Waals surface area (Å²) in [7, 11) is 1.87. The molecule has 90 valence electrons. The van der Waals surface area contributed by atoms with Crippen LogP contribution >= 0.6 is 0 Å². The minimum Gasteiger partial charge on any atom is -0.383 e. The van der Waals surface area contributed by atoms with E-state index in [1.54, 1.807) is 6.07 Å². The number of anilines is 1. The summed E-state index contributed by atoms with van der Waals surface area (Å²) in [6, 6.07) is 4.66. The second-order valence-corrected chi connectivity index (χ2v) is 4.13. The van der Waals surface area contributed by atoms with Gasteiger partial charge in [0, 0.05) is 19.0 Å². The molecule has 2 aromatic rings. The van der Waals surface area contributed by atoms with E-state index < -0.39 is 0 Å². The minimum absolute atomic E-state index is 0.270. The summed E-state index contributed by atoms with van der Waals surface area (Å²) >= 11 is 0. The highest BCUT2D eigenvalue weighted by Crippen LogP contribution is 2.29. The van der Waals surface area contributed by atoms with Crippen molar-refractivity contribution in [2.75, 3.05) is 5.73 Å². The quantitative estimate of drug-likeness (QED) is 0.866. The molecule has 0 amide bonds. The minimum atomic E-state index is -0.270. The molecule has 17 heavy (non-hydrogen) atoms. The summed E-state index contributed by atoms with van der Waals surface area (Å²) in [5.74, 6) is 1.21. The standard InChI is InChI=1S/C13H16FN3/c1-4-11-16-12(13(15)17(11)3)10-7-9(14)6-5-8(10)2/h5-7H,4,15H2,1-3H3. The molecule has 1 aromatic carbocycles. The van der Waals surface area contributed by atoms with Gasteiger partial charge in [-0.3, -0.25) is 0 Å². The van der Waals surface area contributed by atoms with E-state index in [0.29, 0.717) is 11.5 Å². The molecule has 0 aliphatic carbocycles. The predicted molar refractivity (Wildman–Crippen MR) is 67.1 cm³/mol. The highest BCUT2D eigenvalue weighted by molar-refractivity contribution is 5.73. The molecule has 0 unspecified atom stereocenters. The molecule has 2 N–H and O–H groups in total. The van der Waals surface area contributed by atoms with Crippen LogP contribution in [0, 0.1) is 12.7 Å². The molecular weight excluding hydrogens is 217 g/mol. The Labute approximate surface area is 100 Å². The molecule has 0 spiro atoms. The number of hydrogen-bond donors (Lipinski definition) is 1. The van der Waals surface area contributed by atoms with Gasteiger partial charge < -0.3 is 10.3 Å². The van der Waals surface area contributed by atoms with Gasteiger partial charge in [0.1, 0.15) is 23.2 Å². The number of nitrogens with two attached hydrogens (primary N) is 1. The first-order valence-corrected chi connectivity index (χ1v) is 5.62. The first kappa shape index (κ1) is 11.6. The van der Waals surface area contributed by atoms with Crippen molar-refractivity contribution in [1.29, 1.82) is 0 Å². The molecule has 1 heterocycles. The predicted octanol–water partition coefficient (Wildman–Crippen LogP) is 2.68. The molecule has 0 radical (unpaired) electrons. The van der Waals surface area contributed by atoms with E-state index in [-0.39, 0.29) is 5.82 Å². The van der Waals surface area contributed by atoms with Gasteiger partial charge in [-0.25, -0.2) is 9.37 Å². The van der Waals surface area contributed by atoms with E-state index in [0.717, 1.165) is 23.4 Å². The zero-order chi connectivity index (χ0) is 12.6. The normalized spacial score (nSPS) is 10.8. The van der Waals surface area contributed by atoms with Crippen molar-refractivity contribution in [3.05, 3.63) is 35.4 Å². The number of nitrogen functional groups attached to an aromatic ring is 1. The van der Waals surface area contributed by atoms with E-state index in [1.807, 2.05) is 25.5 Å². The first-order valence-electron chi connectivity index (χ1n) is 5.62. The molecule has 0 aliphatic rings. The second-order valence-electron chi connectivity index (χ2n) is 4.13. The van der Waals surface area contributed by atoms with Crippen LogP contribution in [0.1, 0.15) is 18.3 Å². The van der Waals surface area contributed by atoms with Gasteiger partial charge in [0.05, 0.1) is 0 Å². The summed E-state index contributed by atoms with van der Waals surface area (Å²) < 4.78 is 15.1. The van der Waals surface area contributed by atoms with Crippen LogP contribution < -0.4 is 5.73 Å². The molecule has 1 aromatic heterocycles. The van der Waals surface area contributed by atoms with Crippen LogP contribution in [0.2, 0.25) is 0 Å². The monoisotopic (exact) mass is 233 g/mol. The van der Waals surface area contributed by atoms with Crippen molar-refractivity contribution in [3.63, 3.8) is 0 Å². The Morgan fingerprint density at radius 3 is 2.71 bits per heavy atom.